The Bertz CT molecular complexity index is 1790. The number of nitrogens with zero attached hydrogens (tertiary/aromatic N) is 3. The van der Waals surface area contributed by atoms with E-state index in [1.807, 2.05) is 0 Å². The Kier molecular flexibility index (Phi) is 12.9. The van der Waals surface area contributed by atoms with Crippen molar-refractivity contribution in [3.05, 3.63) is 90.5 Å². The zero-order valence-electron chi connectivity index (χ0n) is 23.6. The molecule has 3 aromatic rings. The monoisotopic (exact) mass is 602 g/mol. The Morgan fingerprint density at radius 1 is 0.864 bits per heavy atom. The standard InChI is InChI=1S/C27H22N6O8S.2Li/c1-41-25-15-20(33-31-18-3-2-4-21(13-18)42(38,39)40)9-11-23(25)29-27(37)28-16-5-7-17(8-6-16)30-32-19-10-12-24(34)22(14-19)26(35)36;;/h2-15,30H,1H3,(H,35,36)(H2,28,29,37)(H,38,39,40);;/q;2*+1/p-2/b32-19+,33-31?;;. The molecule has 0 saturated carbocycles. The number of amides is 2. The quantitative estimate of drug-likeness (QED) is 0.0577. The van der Waals surface area contributed by atoms with E-state index in [0.717, 1.165) is 24.3 Å². The van der Waals surface area contributed by atoms with Crippen molar-refractivity contribution in [1.29, 1.82) is 0 Å². The molecule has 2 amide bonds. The maximum Gasteiger partial charge on any atom is 1.00 e. The first-order valence-corrected chi connectivity index (χ1v) is 13.3. The van der Waals surface area contributed by atoms with Crippen molar-refractivity contribution >= 4 is 62.1 Å². The normalized spacial score (nSPS) is 13.4. The van der Waals surface area contributed by atoms with Gasteiger partial charge in [-0.05, 0) is 72.8 Å². The number of nitrogens with one attached hydrogen (secondary N) is 3. The number of ketones is 1. The molecule has 0 saturated heterocycles. The van der Waals surface area contributed by atoms with Gasteiger partial charge < -0.3 is 29.8 Å². The number of hydrogen-bond acceptors (Lipinski definition) is 12. The number of carboxylic acids is 1. The Morgan fingerprint density at radius 3 is 2.16 bits per heavy atom. The van der Waals surface area contributed by atoms with Crippen molar-refractivity contribution in [2.24, 2.45) is 15.3 Å². The summed E-state index contributed by atoms with van der Waals surface area (Å²) in [5.74, 6) is -2.00. The van der Waals surface area contributed by atoms with Crippen LogP contribution < -0.4 is 63.6 Å². The predicted octanol–water partition coefficient (Wildman–Crippen LogP) is -2.75. The third kappa shape index (κ3) is 9.79. The van der Waals surface area contributed by atoms with Crippen molar-refractivity contribution in [2.75, 3.05) is 23.2 Å². The zero-order valence-corrected chi connectivity index (χ0v) is 24.4. The van der Waals surface area contributed by atoms with Crippen LogP contribution in [0.5, 0.6) is 5.75 Å². The average molecular weight is 602 g/mol. The molecule has 0 radical (unpaired) electrons. The molecule has 17 heteroatoms. The van der Waals surface area contributed by atoms with E-state index in [1.165, 1.54) is 37.5 Å². The SMILES string of the molecule is COc1cc(N=Nc2cccc(S(=O)(=O)[O-])c2)ccc1NC(=O)Nc1ccc(N/N=C2\C=CC(=O)C(C(=O)[O-])=C2)cc1.[Li+].[Li+]. The van der Waals surface area contributed by atoms with E-state index in [1.54, 1.807) is 30.3 Å². The number of carboxylic acid groups (broad SMARTS) is 1. The van der Waals surface area contributed by atoms with Crippen LogP contribution >= 0.6 is 0 Å². The van der Waals surface area contributed by atoms with Crippen molar-refractivity contribution in [2.45, 2.75) is 4.90 Å². The number of carbonyl (C=O) groups is 3. The van der Waals surface area contributed by atoms with Crippen LogP contribution in [0.15, 0.2) is 111 Å². The molecule has 0 bridgehead atoms. The molecule has 0 aliphatic heterocycles. The van der Waals surface area contributed by atoms with Gasteiger partial charge in [-0.25, -0.2) is 13.2 Å². The number of aliphatic carboxylic acids is 1. The number of hydrazone groups is 1. The number of hydrogen-bond donors (Lipinski definition) is 3. The van der Waals surface area contributed by atoms with E-state index in [0.29, 0.717) is 22.7 Å². The second kappa shape index (κ2) is 15.8. The predicted molar refractivity (Wildman–Crippen MR) is 149 cm³/mol. The van der Waals surface area contributed by atoms with Crippen LogP contribution in [0.4, 0.5) is 33.2 Å². The summed E-state index contributed by atoms with van der Waals surface area (Å²) >= 11 is 0. The summed E-state index contributed by atoms with van der Waals surface area (Å²) in [5.41, 5.74) is 4.22. The molecule has 44 heavy (non-hydrogen) atoms. The number of rotatable bonds is 9. The van der Waals surface area contributed by atoms with Crippen LogP contribution in [0.25, 0.3) is 0 Å². The smallest absolute Gasteiger partial charge is 0.744 e. The largest absolute Gasteiger partial charge is 1.00 e. The first kappa shape index (κ1) is 35.7. The molecule has 14 nitrogen and oxygen atoms in total. The van der Waals surface area contributed by atoms with Gasteiger partial charge in [-0.15, -0.1) is 0 Å². The third-order valence-corrected chi connectivity index (χ3v) is 6.29. The van der Waals surface area contributed by atoms with Crippen molar-refractivity contribution in [3.63, 3.8) is 0 Å². The Hall–Kier alpha value is -4.48. The summed E-state index contributed by atoms with van der Waals surface area (Å²) < 4.78 is 38.9. The maximum absolute atomic E-state index is 12.6. The van der Waals surface area contributed by atoms with Gasteiger partial charge in [0.15, 0.2) is 5.78 Å². The zero-order chi connectivity index (χ0) is 30.3. The van der Waals surface area contributed by atoms with Crippen molar-refractivity contribution in [3.8, 4) is 5.75 Å². The topological polar surface area (TPSA) is 214 Å². The fourth-order valence-corrected chi connectivity index (χ4v) is 3.96. The number of ether oxygens (including phenoxy) is 1. The number of benzene rings is 3. The van der Waals surface area contributed by atoms with Gasteiger partial charge in [-0.2, -0.15) is 15.3 Å². The average Bonchev–Trinajstić information content (AvgIpc) is 2.96. The molecule has 0 spiro atoms. The number of urea groups is 1. The van der Waals surface area contributed by atoms with Crippen LogP contribution in [0.2, 0.25) is 0 Å². The van der Waals surface area contributed by atoms with Crippen molar-refractivity contribution < 1.29 is 74.9 Å². The summed E-state index contributed by atoms with van der Waals surface area (Å²) in [5, 5.41) is 28.3. The van der Waals surface area contributed by atoms with Crippen LogP contribution in [0.3, 0.4) is 0 Å². The third-order valence-electron chi connectivity index (χ3n) is 5.46. The first-order chi connectivity index (χ1) is 20.0. The fourth-order valence-electron chi connectivity index (χ4n) is 3.45. The first-order valence-electron chi connectivity index (χ1n) is 11.8. The summed E-state index contributed by atoms with van der Waals surface area (Å²) in [7, 11) is -3.24. The molecule has 4 rings (SSSR count). The number of anilines is 3. The maximum atomic E-state index is 12.6. The van der Waals surface area contributed by atoms with Gasteiger partial charge in [-0.1, -0.05) is 6.07 Å². The minimum absolute atomic E-state index is 0. The molecule has 1 aliphatic rings. The molecule has 0 atom stereocenters. The Morgan fingerprint density at radius 2 is 1.52 bits per heavy atom. The second-order valence-electron chi connectivity index (χ2n) is 8.38. The molecule has 0 fully saturated rings. The van der Waals surface area contributed by atoms with E-state index < -0.39 is 38.4 Å². The van der Waals surface area contributed by atoms with E-state index >= 15 is 0 Å². The number of azo groups is 1. The van der Waals surface area contributed by atoms with Gasteiger partial charge in [0.05, 0.1) is 46.4 Å². The number of carbonyl (C=O) groups excluding carboxylic acids is 3. The summed E-state index contributed by atoms with van der Waals surface area (Å²) in [6, 6.07) is 15.5. The minimum Gasteiger partial charge on any atom is -0.744 e. The van der Waals surface area contributed by atoms with Crippen LogP contribution in [-0.4, -0.2) is 43.6 Å². The molecule has 1 aliphatic carbocycles. The number of methoxy groups -OCH3 is 1. The van der Waals surface area contributed by atoms with Crippen LogP contribution in [0.1, 0.15) is 0 Å². The second-order valence-corrected chi connectivity index (χ2v) is 9.76. The Balaban J connectivity index is 0.00000337. The van der Waals surface area contributed by atoms with E-state index in [9.17, 15) is 32.5 Å². The molecule has 0 unspecified atom stereocenters. The van der Waals surface area contributed by atoms with Gasteiger partial charge in [0, 0.05) is 17.3 Å². The molecular formula is C27H20Li2N6O8S. The van der Waals surface area contributed by atoms with Gasteiger partial charge in [0.2, 0.25) is 0 Å². The molecule has 0 aromatic heterocycles. The van der Waals surface area contributed by atoms with E-state index in [2.05, 4.69) is 31.4 Å². The fraction of sp³-hybridized carbons (Fsp3) is 0.0370. The van der Waals surface area contributed by atoms with E-state index in [4.69, 9.17) is 4.74 Å². The molecule has 3 N–H and O–H groups in total. The molecular weight excluding hydrogens is 582 g/mol. The Labute approximate surface area is 275 Å². The molecule has 3 aromatic carbocycles. The van der Waals surface area contributed by atoms with Gasteiger partial charge in [-0.3, -0.25) is 10.2 Å². The molecule has 0 heterocycles. The summed E-state index contributed by atoms with van der Waals surface area (Å²) in [6.07, 6.45) is 3.53. The van der Waals surface area contributed by atoms with Gasteiger partial charge in [0.1, 0.15) is 15.9 Å². The minimum atomic E-state index is -4.63. The van der Waals surface area contributed by atoms with Gasteiger partial charge >= 0.3 is 43.8 Å². The number of allylic oxidation sites excluding steroid dienone is 3. The van der Waals surface area contributed by atoms with Crippen LogP contribution in [0, 0.1) is 0 Å². The van der Waals surface area contributed by atoms with Crippen molar-refractivity contribution in [1.82, 2.24) is 0 Å². The van der Waals surface area contributed by atoms with Gasteiger partial charge in [0.25, 0.3) is 0 Å². The van der Waals surface area contributed by atoms with Crippen LogP contribution in [-0.2, 0) is 19.7 Å². The molecule has 214 valence electrons. The summed E-state index contributed by atoms with van der Waals surface area (Å²) in [6.45, 7) is 0. The van der Waals surface area contributed by atoms with E-state index in [-0.39, 0.29) is 54.9 Å². The summed E-state index contributed by atoms with van der Waals surface area (Å²) in [4.78, 5) is 34.7.